The maximum atomic E-state index is 11.0. The average Bonchev–Trinajstić information content (AvgIpc) is 2.41. The van der Waals surface area contributed by atoms with E-state index in [2.05, 4.69) is 4.74 Å². The van der Waals surface area contributed by atoms with Crippen molar-refractivity contribution in [1.82, 2.24) is 0 Å². The second kappa shape index (κ2) is 7.57. The van der Waals surface area contributed by atoms with Crippen molar-refractivity contribution in [2.75, 3.05) is 39.6 Å². The van der Waals surface area contributed by atoms with Gasteiger partial charge in [-0.3, -0.25) is 9.59 Å². The van der Waals surface area contributed by atoms with Crippen molar-refractivity contribution in [3.05, 3.63) is 0 Å². The van der Waals surface area contributed by atoms with Crippen LogP contribution in [-0.2, 0) is 28.5 Å². The van der Waals surface area contributed by atoms with Gasteiger partial charge in [-0.1, -0.05) is 0 Å². The third-order valence-corrected chi connectivity index (χ3v) is 3.28. The van der Waals surface area contributed by atoms with E-state index < -0.39 is 0 Å². The number of cyclic esters (lactones) is 1. The number of hydrogen-bond donors (Lipinski definition) is 0. The molecule has 2 aliphatic rings. The molecule has 2 heterocycles. The highest BCUT2D eigenvalue weighted by Crippen LogP contribution is 2.16. The van der Waals surface area contributed by atoms with E-state index in [0.29, 0.717) is 33.0 Å². The van der Waals surface area contributed by atoms with Crippen LogP contribution in [0.15, 0.2) is 0 Å². The number of ketones is 1. The normalized spacial score (nSPS) is 25.7. The van der Waals surface area contributed by atoms with Crippen molar-refractivity contribution in [3.8, 4) is 0 Å². The van der Waals surface area contributed by atoms with Crippen molar-refractivity contribution >= 4 is 11.8 Å². The van der Waals surface area contributed by atoms with Crippen LogP contribution in [-0.4, -0.2) is 57.5 Å². The molecule has 108 valence electrons. The van der Waals surface area contributed by atoms with Gasteiger partial charge in [-0.05, 0) is 19.3 Å². The molecule has 0 saturated carbocycles. The standard InChI is InChI=1S/C13H20O6/c14-11-9-18-12(11)2-1-4-16-6-7-17-5-3-10-8-19-13(10)15/h10,12H,1-9H2. The van der Waals surface area contributed by atoms with Gasteiger partial charge in [0.05, 0.1) is 19.1 Å². The maximum absolute atomic E-state index is 11.0. The summed E-state index contributed by atoms with van der Waals surface area (Å²) in [7, 11) is 0. The number of carbonyl (C=O) groups is 2. The molecular formula is C13H20O6. The van der Waals surface area contributed by atoms with Crippen LogP contribution in [0.2, 0.25) is 0 Å². The Bertz CT molecular complexity index is 286. The summed E-state index contributed by atoms with van der Waals surface area (Å²) in [6.45, 7) is 3.04. The molecule has 2 atom stereocenters. The van der Waals surface area contributed by atoms with Crippen LogP contribution >= 0.6 is 0 Å². The van der Waals surface area contributed by atoms with Gasteiger partial charge in [0, 0.05) is 13.2 Å². The first-order valence-corrected chi connectivity index (χ1v) is 6.74. The van der Waals surface area contributed by atoms with Gasteiger partial charge in [0.1, 0.15) is 19.3 Å². The minimum absolute atomic E-state index is 0.0286. The molecule has 0 N–H and O–H groups in total. The first-order chi connectivity index (χ1) is 9.27. The second-order valence-corrected chi connectivity index (χ2v) is 4.75. The van der Waals surface area contributed by atoms with Gasteiger partial charge in [-0.25, -0.2) is 0 Å². The molecular weight excluding hydrogens is 252 g/mol. The summed E-state index contributed by atoms with van der Waals surface area (Å²) < 4.78 is 20.5. The Morgan fingerprint density at radius 2 is 1.84 bits per heavy atom. The van der Waals surface area contributed by atoms with Crippen LogP contribution in [0, 0.1) is 5.92 Å². The fourth-order valence-electron chi connectivity index (χ4n) is 1.90. The van der Waals surface area contributed by atoms with Crippen LogP contribution in [0.4, 0.5) is 0 Å². The molecule has 2 aliphatic heterocycles. The first kappa shape index (κ1) is 14.4. The van der Waals surface area contributed by atoms with Gasteiger partial charge in [0.2, 0.25) is 0 Å². The zero-order chi connectivity index (χ0) is 13.5. The van der Waals surface area contributed by atoms with Gasteiger partial charge in [-0.15, -0.1) is 0 Å². The fraction of sp³-hybridized carbons (Fsp3) is 0.846. The number of rotatable bonds is 10. The molecule has 0 amide bonds. The Balaban J connectivity index is 1.30. The molecule has 2 saturated heterocycles. The highest BCUT2D eigenvalue weighted by Gasteiger charge is 2.30. The third-order valence-electron chi connectivity index (χ3n) is 3.28. The number of ether oxygens (including phenoxy) is 4. The summed E-state index contributed by atoms with van der Waals surface area (Å²) >= 11 is 0. The summed E-state index contributed by atoms with van der Waals surface area (Å²) in [4.78, 5) is 21.8. The third kappa shape index (κ3) is 4.56. The largest absolute Gasteiger partial charge is 0.464 e. The Hall–Kier alpha value is -0.980. The monoisotopic (exact) mass is 272 g/mol. The van der Waals surface area contributed by atoms with E-state index in [1.165, 1.54) is 0 Å². The fourth-order valence-corrected chi connectivity index (χ4v) is 1.90. The lowest BCUT2D eigenvalue weighted by Crippen LogP contribution is -2.40. The molecule has 0 bridgehead atoms. The van der Waals surface area contributed by atoms with Crippen LogP contribution < -0.4 is 0 Å². The molecule has 0 aromatic carbocycles. The minimum atomic E-state index is -0.193. The van der Waals surface area contributed by atoms with E-state index in [1.807, 2.05) is 0 Å². The number of hydrogen-bond acceptors (Lipinski definition) is 6. The van der Waals surface area contributed by atoms with Crippen LogP contribution in [0.1, 0.15) is 19.3 Å². The highest BCUT2D eigenvalue weighted by molar-refractivity contribution is 5.88. The van der Waals surface area contributed by atoms with Crippen molar-refractivity contribution < 1.29 is 28.5 Å². The molecule has 2 fully saturated rings. The zero-order valence-corrected chi connectivity index (χ0v) is 11.0. The topological polar surface area (TPSA) is 71.1 Å². The van der Waals surface area contributed by atoms with Crippen LogP contribution in [0.3, 0.4) is 0 Å². The smallest absolute Gasteiger partial charge is 0.312 e. The second-order valence-electron chi connectivity index (χ2n) is 4.75. The van der Waals surface area contributed by atoms with Gasteiger partial charge in [0.15, 0.2) is 5.78 Å². The van der Waals surface area contributed by atoms with Gasteiger partial charge in [-0.2, -0.15) is 0 Å². The van der Waals surface area contributed by atoms with Gasteiger partial charge < -0.3 is 18.9 Å². The van der Waals surface area contributed by atoms with Crippen molar-refractivity contribution in [2.24, 2.45) is 5.92 Å². The molecule has 2 rings (SSSR count). The maximum Gasteiger partial charge on any atom is 0.312 e. The van der Waals surface area contributed by atoms with Gasteiger partial charge >= 0.3 is 5.97 Å². The molecule has 0 spiro atoms. The summed E-state index contributed by atoms with van der Waals surface area (Å²) in [6, 6.07) is 0. The lowest BCUT2D eigenvalue weighted by atomic mass is 10.0. The van der Waals surface area contributed by atoms with E-state index in [-0.39, 0.29) is 30.4 Å². The van der Waals surface area contributed by atoms with E-state index in [4.69, 9.17) is 14.2 Å². The summed E-state index contributed by atoms with van der Waals surface area (Å²) in [5.41, 5.74) is 0. The summed E-state index contributed by atoms with van der Waals surface area (Å²) in [5, 5.41) is 0. The quantitative estimate of drug-likeness (QED) is 0.421. The number of carbonyl (C=O) groups excluding carboxylic acids is 2. The number of Topliss-reactive ketones (excluding diaryl/α,β-unsaturated/α-hetero) is 1. The molecule has 0 aromatic rings. The molecule has 2 unspecified atom stereocenters. The van der Waals surface area contributed by atoms with E-state index in [0.717, 1.165) is 19.3 Å². The average molecular weight is 272 g/mol. The summed E-state index contributed by atoms with van der Waals surface area (Å²) in [6.07, 6.45) is 2.09. The molecule has 0 aromatic heterocycles. The Morgan fingerprint density at radius 1 is 1.05 bits per heavy atom. The van der Waals surface area contributed by atoms with Crippen molar-refractivity contribution in [3.63, 3.8) is 0 Å². The Labute approximate surface area is 112 Å². The van der Waals surface area contributed by atoms with E-state index in [9.17, 15) is 9.59 Å². The SMILES string of the molecule is O=C1OCC1CCOCCOCCCC1OCC1=O. The highest BCUT2D eigenvalue weighted by atomic mass is 16.6. The lowest BCUT2D eigenvalue weighted by Gasteiger charge is -2.24. The van der Waals surface area contributed by atoms with Crippen molar-refractivity contribution in [2.45, 2.75) is 25.4 Å². The predicted molar refractivity (Wildman–Crippen MR) is 64.7 cm³/mol. The summed E-state index contributed by atoms with van der Waals surface area (Å²) in [5.74, 6) is 0.103. The molecule has 6 nitrogen and oxygen atoms in total. The predicted octanol–water partition coefficient (Wildman–Crippen LogP) is 0.331. The van der Waals surface area contributed by atoms with Crippen LogP contribution in [0.25, 0.3) is 0 Å². The van der Waals surface area contributed by atoms with Gasteiger partial charge in [0.25, 0.3) is 0 Å². The van der Waals surface area contributed by atoms with E-state index >= 15 is 0 Å². The van der Waals surface area contributed by atoms with E-state index in [1.54, 1.807) is 0 Å². The van der Waals surface area contributed by atoms with Crippen LogP contribution in [0.5, 0.6) is 0 Å². The molecule has 0 aliphatic carbocycles. The zero-order valence-electron chi connectivity index (χ0n) is 11.0. The minimum Gasteiger partial charge on any atom is -0.464 e. The molecule has 6 heteroatoms. The Morgan fingerprint density at radius 3 is 2.37 bits per heavy atom. The van der Waals surface area contributed by atoms with Crippen molar-refractivity contribution in [1.29, 1.82) is 0 Å². The Kier molecular flexibility index (Phi) is 5.75. The molecule has 19 heavy (non-hydrogen) atoms. The molecule has 0 radical (unpaired) electrons. The first-order valence-electron chi connectivity index (χ1n) is 6.74. The number of esters is 1. The lowest BCUT2D eigenvalue weighted by molar-refractivity contribution is -0.169.